The fraction of sp³-hybridized carbons (Fsp3) is 0.143. The first kappa shape index (κ1) is 16.8. The standard InChI is InChI=1S/C21H19BrN4/c1-13-9-10-18(17(22)11-13)25-20-19-14(2)15(3)26(21(19)24-12-23-20)16-7-5-4-6-8-16/h4-12H,1-3H3,(H,23,24,25). The van der Waals surface area contributed by atoms with Crippen molar-refractivity contribution in [2.75, 3.05) is 5.32 Å². The SMILES string of the molecule is Cc1ccc(Nc2ncnc3c2c(C)c(C)n3-c2ccccc2)c(Br)c1. The normalized spacial score (nSPS) is 11.1. The molecule has 0 spiro atoms. The van der Waals surface area contributed by atoms with Gasteiger partial charge < -0.3 is 5.32 Å². The van der Waals surface area contributed by atoms with Crippen LogP contribution in [-0.2, 0) is 0 Å². The predicted octanol–water partition coefficient (Wildman–Crippen LogP) is 5.85. The average Bonchev–Trinajstić information content (AvgIpc) is 2.90. The summed E-state index contributed by atoms with van der Waals surface area (Å²) in [6.07, 6.45) is 1.62. The molecule has 5 heteroatoms. The molecule has 1 N–H and O–H groups in total. The maximum Gasteiger partial charge on any atom is 0.150 e. The van der Waals surface area contributed by atoms with Crippen LogP contribution in [0.3, 0.4) is 0 Å². The van der Waals surface area contributed by atoms with Crippen LogP contribution in [0.1, 0.15) is 16.8 Å². The van der Waals surface area contributed by atoms with Crippen molar-refractivity contribution in [1.82, 2.24) is 14.5 Å². The molecule has 0 radical (unpaired) electrons. The van der Waals surface area contributed by atoms with Crippen molar-refractivity contribution in [3.63, 3.8) is 0 Å². The smallest absolute Gasteiger partial charge is 0.150 e. The molecule has 26 heavy (non-hydrogen) atoms. The Morgan fingerprint density at radius 2 is 1.73 bits per heavy atom. The fourth-order valence-electron chi connectivity index (χ4n) is 3.24. The van der Waals surface area contributed by atoms with Crippen LogP contribution in [0.15, 0.2) is 59.3 Å². The topological polar surface area (TPSA) is 42.7 Å². The highest BCUT2D eigenvalue weighted by molar-refractivity contribution is 9.10. The minimum Gasteiger partial charge on any atom is -0.339 e. The zero-order valence-electron chi connectivity index (χ0n) is 14.9. The molecule has 0 unspecified atom stereocenters. The van der Waals surface area contributed by atoms with Crippen molar-refractivity contribution in [3.05, 3.63) is 76.2 Å². The van der Waals surface area contributed by atoms with Crippen LogP contribution in [0.5, 0.6) is 0 Å². The van der Waals surface area contributed by atoms with Gasteiger partial charge in [0.25, 0.3) is 0 Å². The number of benzene rings is 2. The Morgan fingerprint density at radius 1 is 0.962 bits per heavy atom. The number of fused-ring (bicyclic) bond motifs is 1. The molecule has 0 fully saturated rings. The van der Waals surface area contributed by atoms with E-state index in [2.05, 4.69) is 86.9 Å². The van der Waals surface area contributed by atoms with Gasteiger partial charge in [-0.15, -0.1) is 0 Å². The maximum absolute atomic E-state index is 4.58. The number of aryl methyl sites for hydroxylation is 2. The molecule has 4 nitrogen and oxygen atoms in total. The number of anilines is 2. The van der Waals surface area contributed by atoms with E-state index in [1.807, 2.05) is 18.2 Å². The lowest BCUT2D eigenvalue weighted by Gasteiger charge is -2.10. The molecule has 2 aromatic heterocycles. The molecular formula is C21H19BrN4. The third-order valence-corrected chi connectivity index (χ3v) is 5.34. The monoisotopic (exact) mass is 406 g/mol. The number of rotatable bonds is 3. The molecule has 0 aliphatic rings. The van der Waals surface area contributed by atoms with Crippen molar-refractivity contribution in [1.29, 1.82) is 0 Å². The van der Waals surface area contributed by atoms with E-state index in [1.165, 1.54) is 11.1 Å². The second-order valence-electron chi connectivity index (χ2n) is 6.41. The van der Waals surface area contributed by atoms with Crippen molar-refractivity contribution in [3.8, 4) is 5.69 Å². The quantitative estimate of drug-likeness (QED) is 0.463. The van der Waals surface area contributed by atoms with E-state index >= 15 is 0 Å². The van der Waals surface area contributed by atoms with E-state index in [4.69, 9.17) is 0 Å². The summed E-state index contributed by atoms with van der Waals surface area (Å²) < 4.78 is 3.20. The second-order valence-corrected chi connectivity index (χ2v) is 7.26. The van der Waals surface area contributed by atoms with Gasteiger partial charge in [-0.2, -0.15) is 0 Å². The summed E-state index contributed by atoms with van der Waals surface area (Å²) in [7, 11) is 0. The second kappa shape index (κ2) is 6.57. The van der Waals surface area contributed by atoms with Crippen LogP contribution < -0.4 is 5.32 Å². The van der Waals surface area contributed by atoms with Crippen molar-refractivity contribution >= 4 is 38.5 Å². The molecule has 2 heterocycles. The lowest BCUT2D eigenvalue weighted by molar-refractivity contribution is 1.01. The number of nitrogens with one attached hydrogen (secondary N) is 1. The molecule has 0 aliphatic heterocycles. The number of nitrogens with zero attached hydrogens (tertiary/aromatic N) is 3. The molecule has 0 atom stereocenters. The van der Waals surface area contributed by atoms with Gasteiger partial charge in [0.05, 0.1) is 11.1 Å². The molecular weight excluding hydrogens is 388 g/mol. The molecule has 2 aromatic carbocycles. The summed E-state index contributed by atoms with van der Waals surface area (Å²) in [6, 6.07) is 16.5. The van der Waals surface area contributed by atoms with Crippen molar-refractivity contribution in [2.24, 2.45) is 0 Å². The molecule has 0 saturated heterocycles. The Kier molecular flexibility index (Phi) is 4.24. The lowest BCUT2D eigenvalue weighted by Crippen LogP contribution is -1.99. The first-order valence-electron chi connectivity index (χ1n) is 8.47. The summed E-state index contributed by atoms with van der Waals surface area (Å²) in [5.41, 5.74) is 6.54. The summed E-state index contributed by atoms with van der Waals surface area (Å²) in [4.78, 5) is 9.10. The average molecular weight is 407 g/mol. The Balaban J connectivity index is 1.90. The van der Waals surface area contributed by atoms with Crippen LogP contribution in [0.4, 0.5) is 11.5 Å². The third-order valence-electron chi connectivity index (χ3n) is 4.68. The van der Waals surface area contributed by atoms with Gasteiger partial charge in [0.15, 0.2) is 5.65 Å². The Bertz CT molecular complexity index is 1100. The lowest BCUT2D eigenvalue weighted by atomic mass is 10.2. The van der Waals surface area contributed by atoms with Gasteiger partial charge in [0, 0.05) is 15.9 Å². The maximum atomic E-state index is 4.58. The molecule has 4 aromatic rings. The molecule has 130 valence electrons. The van der Waals surface area contributed by atoms with Crippen LogP contribution >= 0.6 is 15.9 Å². The van der Waals surface area contributed by atoms with Gasteiger partial charge in [0.1, 0.15) is 12.1 Å². The highest BCUT2D eigenvalue weighted by atomic mass is 79.9. The first-order chi connectivity index (χ1) is 12.6. The Labute approximate surface area is 161 Å². The zero-order chi connectivity index (χ0) is 18.3. The van der Waals surface area contributed by atoms with E-state index in [-0.39, 0.29) is 0 Å². The van der Waals surface area contributed by atoms with Gasteiger partial charge in [-0.25, -0.2) is 9.97 Å². The van der Waals surface area contributed by atoms with E-state index in [0.29, 0.717) is 0 Å². The molecule has 0 amide bonds. The zero-order valence-corrected chi connectivity index (χ0v) is 16.5. The Hall–Kier alpha value is -2.66. The van der Waals surface area contributed by atoms with Crippen LogP contribution in [0.2, 0.25) is 0 Å². The number of hydrogen-bond donors (Lipinski definition) is 1. The van der Waals surface area contributed by atoms with Crippen LogP contribution in [0.25, 0.3) is 16.7 Å². The third kappa shape index (κ3) is 2.78. The number of hydrogen-bond acceptors (Lipinski definition) is 3. The van der Waals surface area contributed by atoms with Gasteiger partial charge in [-0.1, -0.05) is 24.3 Å². The number of halogens is 1. The molecule has 0 saturated carbocycles. The van der Waals surface area contributed by atoms with Gasteiger partial charge in [-0.3, -0.25) is 4.57 Å². The summed E-state index contributed by atoms with van der Waals surface area (Å²) in [5, 5.41) is 4.51. The van der Waals surface area contributed by atoms with E-state index < -0.39 is 0 Å². The van der Waals surface area contributed by atoms with Crippen LogP contribution in [0, 0.1) is 20.8 Å². The highest BCUT2D eigenvalue weighted by Crippen LogP contribution is 2.34. The van der Waals surface area contributed by atoms with Crippen LogP contribution in [-0.4, -0.2) is 14.5 Å². The van der Waals surface area contributed by atoms with Crippen molar-refractivity contribution in [2.45, 2.75) is 20.8 Å². The minimum absolute atomic E-state index is 0.815. The van der Waals surface area contributed by atoms with E-state index in [0.717, 1.165) is 38.4 Å². The van der Waals surface area contributed by atoms with Gasteiger partial charge >= 0.3 is 0 Å². The number of para-hydroxylation sites is 1. The van der Waals surface area contributed by atoms with Crippen molar-refractivity contribution < 1.29 is 0 Å². The van der Waals surface area contributed by atoms with Gasteiger partial charge in [0.2, 0.25) is 0 Å². The molecule has 4 rings (SSSR count). The largest absolute Gasteiger partial charge is 0.339 e. The fourth-order valence-corrected chi connectivity index (χ4v) is 3.83. The summed E-state index contributed by atoms with van der Waals surface area (Å²) >= 11 is 3.63. The van der Waals surface area contributed by atoms with E-state index in [1.54, 1.807) is 6.33 Å². The predicted molar refractivity (Wildman–Crippen MR) is 111 cm³/mol. The summed E-state index contributed by atoms with van der Waals surface area (Å²) in [5.74, 6) is 0.815. The molecule has 0 bridgehead atoms. The Morgan fingerprint density at radius 3 is 2.46 bits per heavy atom. The minimum atomic E-state index is 0.815. The molecule has 0 aliphatic carbocycles. The van der Waals surface area contributed by atoms with E-state index in [9.17, 15) is 0 Å². The van der Waals surface area contributed by atoms with Gasteiger partial charge in [-0.05, 0) is 72.1 Å². The highest BCUT2D eigenvalue weighted by Gasteiger charge is 2.18. The first-order valence-corrected chi connectivity index (χ1v) is 9.27. The summed E-state index contributed by atoms with van der Waals surface area (Å²) in [6.45, 7) is 6.32. The number of aromatic nitrogens is 3.